The molecule has 0 spiro atoms. The van der Waals surface area contributed by atoms with Gasteiger partial charge in [0.25, 0.3) is 0 Å². The van der Waals surface area contributed by atoms with Gasteiger partial charge in [-0.25, -0.2) is 4.79 Å². The van der Waals surface area contributed by atoms with Crippen LogP contribution in [-0.4, -0.2) is 59.0 Å². The highest BCUT2D eigenvalue weighted by atomic mass is 127. The first kappa shape index (κ1) is 22.5. The van der Waals surface area contributed by atoms with Gasteiger partial charge in [0.1, 0.15) is 0 Å². The number of amides is 1. The molecule has 1 aromatic rings. The van der Waals surface area contributed by atoms with Gasteiger partial charge in [-0.1, -0.05) is 0 Å². The van der Waals surface area contributed by atoms with E-state index in [1.165, 1.54) is 5.69 Å². The molecule has 1 aliphatic rings. The standard InChI is InChI=1S/C17H30N6O2.HI/c1-4-25-17(24)22-10-6-15(7-11-22)20-16(18)19-8-5-9-23-14(3)12-13(2)21-23;/h12,15H,4-11H2,1-3H3,(H3,18,19,20);1H. The van der Waals surface area contributed by atoms with Crippen LogP contribution in [0, 0.1) is 13.8 Å². The molecule has 0 atom stereocenters. The second kappa shape index (κ2) is 11.2. The van der Waals surface area contributed by atoms with Gasteiger partial charge in [0.05, 0.1) is 12.3 Å². The van der Waals surface area contributed by atoms with Crippen molar-refractivity contribution in [3.8, 4) is 0 Å². The fourth-order valence-electron chi connectivity index (χ4n) is 3.00. The molecule has 8 nitrogen and oxygen atoms in total. The summed E-state index contributed by atoms with van der Waals surface area (Å²) in [7, 11) is 0. The average molecular weight is 478 g/mol. The number of ether oxygens (including phenoxy) is 1. The molecular weight excluding hydrogens is 447 g/mol. The molecule has 2 rings (SSSR count). The molecule has 1 aliphatic heterocycles. The smallest absolute Gasteiger partial charge is 0.409 e. The Hall–Kier alpha value is -1.52. The van der Waals surface area contributed by atoms with E-state index >= 15 is 0 Å². The first-order valence-corrected chi connectivity index (χ1v) is 8.98. The summed E-state index contributed by atoms with van der Waals surface area (Å²) >= 11 is 0. The van der Waals surface area contributed by atoms with Gasteiger partial charge in [0.15, 0.2) is 5.96 Å². The normalized spacial score (nSPS) is 15.5. The van der Waals surface area contributed by atoms with Crippen LogP contribution >= 0.6 is 24.0 Å². The van der Waals surface area contributed by atoms with E-state index in [0.29, 0.717) is 32.2 Å². The fourth-order valence-corrected chi connectivity index (χ4v) is 3.00. The van der Waals surface area contributed by atoms with Crippen LogP contribution in [0.15, 0.2) is 11.1 Å². The zero-order valence-electron chi connectivity index (χ0n) is 15.9. The summed E-state index contributed by atoms with van der Waals surface area (Å²) in [4.78, 5) is 17.8. The van der Waals surface area contributed by atoms with Crippen molar-refractivity contribution in [3.63, 3.8) is 0 Å². The molecule has 0 bridgehead atoms. The quantitative estimate of drug-likeness (QED) is 0.282. The molecule has 0 unspecified atom stereocenters. The van der Waals surface area contributed by atoms with Crippen molar-refractivity contribution in [1.29, 1.82) is 0 Å². The van der Waals surface area contributed by atoms with Crippen LogP contribution in [0.3, 0.4) is 0 Å². The number of carbonyl (C=O) groups excluding carboxylic acids is 1. The van der Waals surface area contributed by atoms with Gasteiger partial charge in [0, 0.05) is 37.9 Å². The third-order valence-corrected chi connectivity index (χ3v) is 4.29. The molecule has 0 saturated carbocycles. The maximum absolute atomic E-state index is 11.7. The summed E-state index contributed by atoms with van der Waals surface area (Å²) in [6, 6.07) is 2.33. The van der Waals surface area contributed by atoms with Crippen LogP contribution < -0.4 is 11.1 Å². The number of guanidine groups is 1. The van der Waals surface area contributed by atoms with E-state index < -0.39 is 0 Å². The Morgan fingerprint density at radius 1 is 1.42 bits per heavy atom. The zero-order chi connectivity index (χ0) is 18.2. The number of nitrogens with zero attached hydrogens (tertiary/aromatic N) is 4. The molecule has 26 heavy (non-hydrogen) atoms. The van der Waals surface area contributed by atoms with Crippen molar-refractivity contribution >= 4 is 36.0 Å². The Bertz CT molecular complexity index is 596. The predicted molar refractivity (Wildman–Crippen MR) is 113 cm³/mol. The molecule has 0 aromatic carbocycles. The number of halogens is 1. The molecule has 0 radical (unpaired) electrons. The Morgan fingerprint density at radius 3 is 2.69 bits per heavy atom. The van der Waals surface area contributed by atoms with Crippen LogP contribution in [0.4, 0.5) is 4.79 Å². The van der Waals surface area contributed by atoms with Gasteiger partial charge in [-0.05, 0) is 46.1 Å². The van der Waals surface area contributed by atoms with Gasteiger partial charge in [-0.2, -0.15) is 5.10 Å². The summed E-state index contributed by atoms with van der Waals surface area (Å²) in [5.41, 5.74) is 8.18. The van der Waals surface area contributed by atoms with Crippen LogP contribution in [0.25, 0.3) is 0 Å². The lowest BCUT2D eigenvalue weighted by molar-refractivity contribution is 0.0963. The molecular formula is C17H31IN6O2. The molecule has 2 heterocycles. The number of aromatic nitrogens is 2. The summed E-state index contributed by atoms with van der Waals surface area (Å²) in [6.45, 7) is 9.15. The number of nitrogens with one attached hydrogen (secondary N) is 1. The van der Waals surface area contributed by atoms with Gasteiger partial charge in [0.2, 0.25) is 0 Å². The van der Waals surface area contributed by atoms with E-state index in [2.05, 4.69) is 28.4 Å². The molecule has 1 saturated heterocycles. The Morgan fingerprint density at radius 2 is 2.12 bits per heavy atom. The van der Waals surface area contributed by atoms with E-state index in [1.807, 2.05) is 18.5 Å². The molecule has 1 aromatic heterocycles. The van der Waals surface area contributed by atoms with Gasteiger partial charge >= 0.3 is 6.09 Å². The van der Waals surface area contributed by atoms with E-state index in [1.54, 1.807) is 4.90 Å². The summed E-state index contributed by atoms with van der Waals surface area (Å²) < 4.78 is 7.02. The molecule has 3 N–H and O–H groups in total. The van der Waals surface area contributed by atoms with Crippen molar-refractivity contribution in [2.75, 3.05) is 26.2 Å². The lowest BCUT2D eigenvalue weighted by atomic mass is 10.1. The lowest BCUT2D eigenvalue weighted by Gasteiger charge is -2.31. The van der Waals surface area contributed by atoms with E-state index in [-0.39, 0.29) is 36.1 Å². The highest BCUT2D eigenvalue weighted by Gasteiger charge is 2.23. The van der Waals surface area contributed by atoms with Crippen molar-refractivity contribution in [3.05, 3.63) is 17.5 Å². The summed E-state index contributed by atoms with van der Waals surface area (Å²) in [5, 5.41) is 7.68. The monoisotopic (exact) mass is 478 g/mol. The third-order valence-electron chi connectivity index (χ3n) is 4.29. The molecule has 1 amide bonds. The number of carbonyl (C=O) groups is 1. The summed E-state index contributed by atoms with van der Waals surface area (Å²) in [5.74, 6) is 0.475. The molecule has 1 fully saturated rings. The number of hydrogen-bond acceptors (Lipinski definition) is 4. The predicted octanol–water partition coefficient (Wildman–Crippen LogP) is 2.03. The van der Waals surface area contributed by atoms with E-state index in [0.717, 1.165) is 31.5 Å². The molecule has 9 heteroatoms. The Kier molecular flexibility index (Phi) is 9.74. The number of nitrogens with two attached hydrogens (primary N) is 1. The van der Waals surface area contributed by atoms with Gasteiger partial charge in [-0.15, -0.1) is 24.0 Å². The van der Waals surface area contributed by atoms with Crippen molar-refractivity contribution < 1.29 is 9.53 Å². The first-order chi connectivity index (χ1) is 12.0. The average Bonchev–Trinajstić information content (AvgIpc) is 2.90. The van der Waals surface area contributed by atoms with Crippen LogP contribution in [-0.2, 0) is 11.3 Å². The number of rotatable bonds is 6. The lowest BCUT2D eigenvalue weighted by Crippen LogP contribution is -2.48. The fraction of sp³-hybridized carbons (Fsp3) is 0.706. The van der Waals surface area contributed by atoms with Crippen molar-refractivity contribution in [1.82, 2.24) is 20.0 Å². The SMILES string of the molecule is CCOC(=O)N1CCC(NC(N)=NCCCn2nc(C)cc2C)CC1.I. The number of piperidine rings is 1. The number of likely N-dealkylation sites (tertiary alicyclic amines) is 1. The number of aryl methyl sites for hydroxylation is 3. The van der Waals surface area contributed by atoms with Crippen LogP contribution in [0.5, 0.6) is 0 Å². The van der Waals surface area contributed by atoms with Crippen LogP contribution in [0.2, 0.25) is 0 Å². The zero-order valence-corrected chi connectivity index (χ0v) is 18.2. The minimum Gasteiger partial charge on any atom is -0.450 e. The largest absolute Gasteiger partial charge is 0.450 e. The highest BCUT2D eigenvalue weighted by molar-refractivity contribution is 14.0. The number of hydrogen-bond donors (Lipinski definition) is 2. The second-order valence-electron chi connectivity index (χ2n) is 6.38. The van der Waals surface area contributed by atoms with Gasteiger partial charge < -0.3 is 20.7 Å². The highest BCUT2D eigenvalue weighted by Crippen LogP contribution is 2.11. The topological polar surface area (TPSA) is 97.8 Å². The molecule has 0 aliphatic carbocycles. The van der Waals surface area contributed by atoms with E-state index in [9.17, 15) is 4.79 Å². The van der Waals surface area contributed by atoms with Crippen molar-refractivity contribution in [2.24, 2.45) is 10.7 Å². The van der Waals surface area contributed by atoms with Crippen molar-refractivity contribution in [2.45, 2.75) is 52.6 Å². The first-order valence-electron chi connectivity index (χ1n) is 8.98. The minimum absolute atomic E-state index is 0. The third kappa shape index (κ3) is 7.00. The number of aliphatic imine (C=N–C) groups is 1. The minimum atomic E-state index is -0.230. The Balaban J connectivity index is 0.00000338. The molecule has 148 valence electrons. The maximum Gasteiger partial charge on any atom is 0.409 e. The summed E-state index contributed by atoms with van der Waals surface area (Å²) in [6.07, 6.45) is 2.36. The van der Waals surface area contributed by atoms with Crippen LogP contribution in [0.1, 0.15) is 37.6 Å². The second-order valence-corrected chi connectivity index (χ2v) is 6.38. The van der Waals surface area contributed by atoms with E-state index in [4.69, 9.17) is 10.5 Å². The Labute approximate surface area is 172 Å². The maximum atomic E-state index is 11.7. The van der Waals surface area contributed by atoms with Gasteiger partial charge in [-0.3, -0.25) is 9.67 Å².